The van der Waals surface area contributed by atoms with E-state index < -0.39 is 13.7 Å². The summed E-state index contributed by atoms with van der Waals surface area (Å²) in [5.74, 6) is 0. The van der Waals surface area contributed by atoms with Crippen LogP contribution < -0.4 is 0 Å². The predicted octanol–water partition coefficient (Wildman–Crippen LogP) is 1.92. The first-order valence-corrected chi connectivity index (χ1v) is 7.18. The summed E-state index contributed by atoms with van der Waals surface area (Å²) in [6, 6.07) is 0. The van der Waals surface area contributed by atoms with E-state index in [1.165, 1.54) is 0 Å². The molecular weight excluding hydrogens is 231 g/mol. The summed E-state index contributed by atoms with van der Waals surface area (Å²) in [4.78, 5) is 0. The fraction of sp³-hybridized carbons (Fsp3) is 0.800. The fourth-order valence-electron chi connectivity index (χ4n) is 1.46. The SMILES string of the molecule is CCOP(=O)(COC1C=CC(O)C1)OCC. The van der Waals surface area contributed by atoms with Gasteiger partial charge < -0.3 is 18.9 Å². The Morgan fingerprint density at radius 3 is 2.38 bits per heavy atom. The lowest BCUT2D eigenvalue weighted by Gasteiger charge is -2.19. The summed E-state index contributed by atoms with van der Waals surface area (Å²) in [6.07, 6.45) is 3.17. The summed E-state index contributed by atoms with van der Waals surface area (Å²) < 4.78 is 27.5. The van der Waals surface area contributed by atoms with E-state index >= 15 is 0 Å². The van der Waals surface area contributed by atoms with Crippen LogP contribution in [0, 0.1) is 0 Å². The molecule has 0 saturated carbocycles. The number of aliphatic hydroxyl groups is 1. The Kier molecular flexibility index (Phi) is 5.66. The van der Waals surface area contributed by atoms with Gasteiger partial charge in [-0.3, -0.25) is 4.57 Å². The Labute approximate surface area is 95.9 Å². The van der Waals surface area contributed by atoms with Crippen molar-refractivity contribution in [3.8, 4) is 0 Å². The molecule has 0 aromatic carbocycles. The molecule has 0 aliphatic heterocycles. The van der Waals surface area contributed by atoms with E-state index in [-0.39, 0.29) is 12.5 Å². The van der Waals surface area contributed by atoms with Crippen molar-refractivity contribution >= 4 is 7.60 Å². The smallest absolute Gasteiger partial charge is 0.356 e. The Balaban J connectivity index is 2.38. The lowest BCUT2D eigenvalue weighted by Crippen LogP contribution is -2.13. The van der Waals surface area contributed by atoms with Gasteiger partial charge in [-0.2, -0.15) is 0 Å². The lowest BCUT2D eigenvalue weighted by atomic mass is 10.3. The zero-order valence-electron chi connectivity index (χ0n) is 9.67. The highest BCUT2D eigenvalue weighted by Crippen LogP contribution is 2.48. The first-order valence-electron chi connectivity index (χ1n) is 5.45. The van der Waals surface area contributed by atoms with Crippen molar-refractivity contribution < 1.29 is 23.5 Å². The Hall–Kier alpha value is -0.190. The van der Waals surface area contributed by atoms with Crippen LogP contribution in [0.15, 0.2) is 12.2 Å². The van der Waals surface area contributed by atoms with Gasteiger partial charge in [0.25, 0.3) is 0 Å². The van der Waals surface area contributed by atoms with Crippen molar-refractivity contribution in [2.75, 3.05) is 19.6 Å². The van der Waals surface area contributed by atoms with E-state index in [4.69, 9.17) is 13.8 Å². The van der Waals surface area contributed by atoms with Crippen LogP contribution in [0.4, 0.5) is 0 Å². The quantitative estimate of drug-likeness (QED) is 0.552. The average Bonchev–Trinajstić information content (AvgIpc) is 2.62. The summed E-state index contributed by atoms with van der Waals surface area (Å²) in [5, 5.41) is 9.24. The van der Waals surface area contributed by atoms with Crippen LogP contribution >= 0.6 is 7.60 Å². The van der Waals surface area contributed by atoms with Crippen LogP contribution in [0.5, 0.6) is 0 Å². The van der Waals surface area contributed by atoms with Crippen molar-refractivity contribution in [3.63, 3.8) is 0 Å². The molecule has 1 aliphatic carbocycles. The van der Waals surface area contributed by atoms with E-state index in [0.717, 1.165) is 0 Å². The van der Waals surface area contributed by atoms with Gasteiger partial charge in [-0.25, -0.2) is 0 Å². The molecule has 0 radical (unpaired) electrons. The number of ether oxygens (including phenoxy) is 1. The summed E-state index contributed by atoms with van der Waals surface area (Å²) in [7, 11) is -3.13. The van der Waals surface area contributed by atoms with E-state index in [0.29, 0.717) is 19.6 Å². The third-order valence-corrected chi connectivity index (χ3v) is 3.89. The van der Waals surface area contributed by atoms with Gasteiger partial charge in [-0.15, -0.1) is 0 Å². The Bertz CT molecular complexity index is 268. The summed E-state index contributed by atoms with van der Waals surface area (Å²) in [6.45, 7) is 4.16. The molecule has 1 N–H and O–H groups in total. The highest BCUT2D eigenvalue weighted by molar-refractivity contribution is 7.53. The zero-order chi connectivity index (χ0) is 12.0. The van der Waals surface area contributed by atoms with Crippen molar-refractivity contribution in [3.05, 3.63) is 12.2 Å². The van der Waals surface area contributed by atoms with Crippen LogP contribution in [-0.2, 0) is 18.3 Å². The second-order valence-corrected chi connectivity index (χ2v) is 5.47. The molecule has 5 nitrogen and oxygen atoms in total. The molecule has 0 heterocycles. The van der Waals surface area contributed by atoms with Crippen LogP contribution in [0.1, 0.15) is 20.3 Å². The van der Waals surface area contributed by atoms with Gasteiger partial charge in [0, 0.05) is 6.42 Å². The minimum atomic E-state index is -3.13. The van der Waals surface area contributed by atoms with Crippen molar-refractivity contribution in [2.24, 2.45) is 0 Å². The first kappa shape index (κ1) is 13.9. The van der Waals surface area contributed by atoms with Crippen molar-refractivity contribution in [2.45, 2.75) is 32.5 Å². The molecule has 0 bridgehead atoms. The maximum atomic E-state index is 12.0. The molecule has 2 atom stereocenters. The lowest BCUT2D eigenvalue weighted by molar-refractivity contribution is 0.0740. The fourth-order valence-corrected chi connectivity index (χ4v) is 2.85. The zero-order valence-corrected chi connectivity index (χ0v) is 10.6. The van der Waals surface area contributed by atoms with Crippen molar-refractivity contribution in [1.29, 1.82) is 0 Å². The summed E-state index contributed by atoms with van der Waals surface area (Å²) >= 11 is 0. The van der Waals surface area contributed by atoms with Gasteiger partial charge in [-0.05, 0) is 13.8 Å². The molecule has 0 aromatic rings. The van der Waals surface area contributed by atoms with Gasteiger partial charge in [0.15, 0.2) is 0 Å². The largest absolute Gasteiger partial charge is 0.389 e. The van der Waals surface area contributed by atoms with E-state index in [2.05, 4.69) is 0 Å². The highest BCUT2D eigenvalue weighted by atomic mass is 31.2. The molecule has 6 heteroatoms. The van der Waals surface area contributed by atoms with Crippen LogP contribution in [0.3, 0.4) is 0 Å². The molecule has 0 aromatic heterocycles. The molecule has 2 unspecified atom stereocenters. The number of hydrogen-bond acceptors (Lipinski definition) is 5. The Morgan fingerprint density at radius 2 is 1.94 bits per heavy atom. The monoisotopic (exact) mass is 250 g/mol. The third kappa shape index (κ3) is 4.36. The molecule has 0 amide bonds. The molecule has 16 heavy (non-hydrogen) atoms. The molecule has 1 aliphatic rings. The second kappa shape index (κ2) is 6.52. The number of rotatable bonds is 7. The van der Waals surface area contributed by atoms with Crippen LogP contribution in [-0.4, -0.2) is 36.9 Å². The van der Waals surface area contributed by atoms with Crippen LogP contribution in [0.2, 0.25) is 0 Å². The topological polar surface area (TPSA) is 65.0 Å². The number of aliphatic hydroxyl groups excluding tert-OH is 1. The van der Waals surface area contributed by atoms with Crippen LogP contribution in [0.25, 0.3) is 0 Å². The highest BCUT2D eigenvalue weighted by Gasteiger charge is 2.27. The third-order valence-electron chi connectivity index (χ3n) is 2.12. The molecule has 0 fully saturated rings. The van der Waals surface area contributed by atoms with E-state index in [1.54, 1.807) is 26.0 Å². The van der Waals surface area contributed by atoms with Gasteiger partial charge >= 0.3 is 7.60 Å². The average molecular weight is 250 g/mol. The molecule has 1 rings (SSSR count). The molecule has 0 saturated heterocycles. The second-order valence-electron chi connectivity index (χ2n) is 3.47. The maximum absolute atomic E-state index is 12.0. The normalized spacial score (nSPS) is 25.2. The van der Waals surface area contributed by atoms with E-state index in [9.17, 15) is 9.67 Å². The van der Waals surface area contributed by atoms with Gasteiger partial charge in [0.05, 0.1) is 25.4 Å². The Morgan fingerprint density at radius 1 is 1.31 bits per heavy atom. The minimum absolute atomic E-state index is 0.0730. The van der Waals surface area contributed by atoms with Crippen molar-refractivity contribution in [1.82, 2.24) is 0 Å². The maximum Gasteiger partial charge on any atom is 0.356 e. The summed E-state index contributed by atoms with van der Waals surface area (Å²) in [5.41, 5.74) is 0. The van der Waals surface area contributed by atoms with Gasteiger partial charge in [0.1, 0.15) is 6.35 Å². The minimum Gasteiger partial charge on any atom is -0.389 e. The standard InChI is InChI=1S/C10H19O5P/c1-3-14-16(12,15-4-2)8-13-10-6-5-9(11)7-10/h5-6,9-11H,3-4,7-8H2,1-2H3. The predicted molar refractivity (Wildman–Crippen MR) is 60.4 cm³/mol. The molecule has 0 spiro atoms. The van der Waals surface area contributed by atoms with E-state index in [1.807, 2.05) is 0 Å². The number of hydrogen-bond donors (Lipinski definition) is 1. The van der Waals surface area contributed by atoms with Gasteiger partial charge in [-0.1, -0.05) is 12.2 Å². The molecular formula is C10H19O5P. The first-order chi connectivity index (χ1) is 7.59. The molecule has 94 valence electrons. The van der Waals surface area contributed by atoms with Gasteiger partial charge in [0.2, 0.25) is 0 Å².